The summed E-state index contributed by atoms with van der Waals surface area (Å²) in [6.45, 7) is 4.25. The van der Waals surface area contributed by atoms with E-state index in [1.54, 1.807) is 12.1 Å². The largest absolute Gasteiger partial charge is 0.465 e. The Morgan fingerprint density at radius 3 is 2.55 bits per heavy atom. The van der Waals surface area contributed by atoms with Crippen molar-refractivity contribution in [2.75, 3.05) is 12.3 Å². The number of hydrogen-bond acceptors (Lipinski definition) is 4. The highest BCUT2D eigenvalue weighted by Crippen LogP contribution is 2.21. The molecule has 2 N–H and O–H groups in total. The van der Waals surface area contributed by atoms with Gasteiger partial charge in [0.05, 0.1) is 24.5 Å². The maximum absolute atomic E-state index is 11.6. The van der Waals surface area contributed by atoms with Gasteiger partial charge in [-0.15, -0.1) is 0 Å². The first kappa shape index (κ1) is 16.0. The van der Waals surface area contributed by atoms with Gasteiger partial charge in [0.1, 0.15) is 0 Å². The fraction of sp³-hybridized carbons (Fsp3) is 0.500. The van der Waals surface area contributed by atoms with Crippen LogP contribution in [0, 0.1) is 16.7 Å². The van der Waals surface area contributed by atoms with E-state index in [1.165, 1.54) is 0 Å². The summed E-state index contributed by atoms with van der Waals surface area (Å²) >= 11 is 0. The van der Waals surface area contributed by atoms with E-state index in [9.17, 15) is 4.79 Å². The number of ether oxygens (including phenoxy) is 1. The Morgan fingerprint density at radius 1 is 1.30 bits per heavy atom. The number of unbranched alkanes of at least 4 members (excludes halogenated alkanes) is 1. The number of carbonyl (C=O) groups excluding carboxylic acids is 1. The van der Waals surface area contributed by atoms with Gasteiger partial charge in [0.15, 0.2) is 0 Å². The first-order valence-corrected chi connectivity index (χ1v) is 6.84. The molecular weight excluding hydrogens is 252 g/mol. The smallest absolute Gasteiger partial charge is 0.310 e. The number of benzene rings is 1. The molecule has 4 nitrogen and oxygen atoms in total. The molecule has 1 aromatic carbocycles. The summed E-state index contributed by atoms with van der Waals surface area (Å²) in [5.41, 5.74) is 6.86. The monoisotopic (exact) mass is 274 g/mol. The summed E-state index contributed by atoms with van der Waals surface area (Å²) in [5, 5.41) is 8.88. The Morgan fingerprint density at radius 2 is 1.95 bits per heavy atom. The van der Waals surface area contributed by atoms with Crippen LogP contribution in [-0.4, -0.2) is 12.6 Å². The van der Waals surface area contributed by atoms with Crippen LogP contribution in [0.3, 0.4) is 0 Å². The molecule has 0 bridgehead atoms. The predicted octanol–water partition coefficient (Wildman–Crippen LogP) is 3.07. The van der Waals surface area contributed by atoms with E-state index in [0.717, 1.165) is 24.8 Å². The van der Waals surface area contributed by atoms with Crippen molar-refractivity contribution in [1.29, 1.82) is 5.26 Å². The summed E-state index contributed by atoms with van der Waals surface area (Å²) < 4.78 is 5.17. The van der Waals surface area contributed by atoms with E-state index in [0.29, 0.717) is 12.3 Å². The van der Waals surface area contributed by atoms with Crippen LogP contribution in [0.25, 0.3) is 0 Å². The van der Waals surface area contributed by atoms with E-state index >= 15 is 0 Å². The average molecular weight is 274 g/mol. The molecule has 0 saturated heterocycles. The Balaban J connectivity index is 2.18. The topological polar surface area (TPSA) is 76.1 Å². The number of nitrogen functional groups attached to an aromatic ring is 1. The average Bonchev–Trinajstić information content (AvgIpc) is 2.41. The third-order valence-corrected chi connectivity index (χ3v) is 3.09. The molecule has 0 radical (unpaired) electrons. The van der Waals surface area contributed by atoms with Crippen LogP contribution in [-0.2, 0) is 16.0 Å². The zero-order chi connectivity index (χ0) is 15.0. The van der Waals surface area contributed by atoms with Gasteiger partial charge in [-0.3, -0.25) is 4.79 Å². The highest BCUT2D eigenvalue weighted by Gasteiger charge is 2.15. The fourth-order valence-electron chi connectivity index (χ4n) is 1.76. The van der Waals surface area contributed by atoms with Crippen molar-refractivity contribution < 1.29 is 9.53 Å². The Kier molecular flexibility index (Phi) is 6.05. The second-order valence-electron chi connectivity index (χ2n) is 5.59. The van der Waals surface area contributed by atoms with Crippen molar-refractivity contribution in [3.63, 3.8) is 0 Å². The maximum Gasteiger partial charge on any atom is 0.310 e. The summed E-state index contributed by atoms with van der Waals surface area (Å²) in [6, 6.07) is 9.45. The van der Waals surface area contributed by atoms with Crippen molar-refractivity contribution >= 4 is 11.7 Å². The Hall–Kier alpha value is -2.02. The SMILES string of the molecule is CC(C)(C#N)CCCCOC(=O)Cc1ccc(N)cc1. The molecule has 0 spiro atoms. The van der Waals surface area contributed by atoms with Gasteiger partial charge in [-0.2, -0.15) is 5.26 Å². The van der Waals surface area contributed by atoms with Crippen LogP contribution in [0.2, 0.25) is 0 Å². The molecule has 0 heterocycles. The van der Waals surface area contributed by atoms with Crippen molar-refractivity contribution in [3.8, 4) is 6.07 Å². The minimum atomic E-state index is -0.298. The van der Waals surface area contributed by atoms with Crippen molar-refractivity contribution in [1.82, 2.24) is 0 Å². The summed E-state index contributed by atoms with van der Waals surface area (Å²) in [7, 11) is 0. The van der Waals surface area contributed by atoms with Gasteiger partial charge in [-0.05, 0) is 50.8 Å². The molecule has 4 heteroatoms. The highest BCUT2D eigenvalue weighted by atomic mass is 16.5. The molecule has 1 aromatic rings. The van der Waals surface area contributed by atoms with Gasteiger partial charge in [0, 0.05) is 5.69 Å². The van der Waals surface area contributed by atoms with Gasteiger partial charge < -0.3 is 10.5 Å². The molecule has 0 aliphatic rings. The molecule has 0 unspecified atom stereocenters. The van der Waals surface area contributed by atoms with E-state index in [2.05, 4.69) is 6.07 Å². The molecule has 108 valence electrons. The van der Waals surface area contributed by atoms with Crippen LogP contribution >= 0.6 is 0 Å². The number of rotatable bonds is 7. The third kappa shape index (κ3) is 6.24. The van der Waals surface area contributed by atoms with E-state index in [-0.39, 0.29) is 17.8 Å². The van der Waals surface area contributed by atoms with Gasteiger partial charge in [-0.25, -0.2) is 0 Å². The van der Waals surface area contributed by atoms with E-state index in [4.69, 9.17) is 15.7 Å². The molecule has 20 heavy (non-hydrogen) atoms. The fourth-order valence-corrected chi connectivity index (χ4v) is 1.76. The lowest BCUT2D eigenvalue weighted by Gasteiger charge is -2.14. The lowest BCUT2D eigenvalue weighted by atomic mass is 9.89. The van der Waals surface area contributed by atoms with Crippen molar-refractivity contribution in [2.24, 2.45) is 5.41 Å². The standard InChI is InChI=1S/C16H22N2O2/c1-16(2,12-17)9-3-4-10-20-15(19)11-13-5-7-14(18)8-6-13/h5-8H,3-4,9-11,18H2,1-2H3. The number of nitrogens with two attached hydrogens (primary N) is 1. The van der Waals surface area contributed by atoms with Gasteiger partial charge in [-0.1, -0.05) is 12.1 Å². The maximum atomic E-state index is 11.6. The first-order valence-electron chi connectivity index (χ1n) is 6.84. The number of hydrogen-bond donors (Lipinski definition) is 1. The molecular formula is C16H22N2O2. The predicted molar refractivity (Wildman–Crippen MR) is 78.8 cm³/mol. The zero-order valence-corrected chi connectivity index (χ0v) is 12.2. The first-order chi connectivity index (χ1) is 9.43. The van der Waals surface area contributed by atoms with E-state index < -0.39 is 0 Å². The van der Waals surface area contributed by atoms with Crippen LogP contribution in [0.5, 0.6) is 0 Å². The molecule has 0 aliphatic heterocycles. The Bertz CT molecular complexity index is 472. The normalized spacial score (nSPS) is 10.8. The minimum absolute atomic E-state index is 0.227. The third-order valence-electron chi connectivity index (χ3n) is 3.09. The lowest BCUT2D eigenvalue weighted by molar-refractivity contribution is -0.142. The number of nitriles is 1. The highest BCUT2D eigenvalue weighted by molar-refractivity contribution is 5.72. The second kappa shape index (κ2) is 7.54. The van der Waals surface area contributed by atoms with Crippen LogP contribution in [0.1, 0.15) is 38.7 Å². The molecule has 1 rings (SSSR count). The molecule has 0 fully saturated rings. The minimum Gasteiger partial charge on any atom is -0.465 e. The molecule has 0 saturated carbocycles. The van der Waals surface area contributed by atoms with Gasteiger partial charge >= 0.3 is 5.97 Å². The summed E-state index contributed by atoms with van der Waals surface area (Å²) in [5.74, 6) is -0.227. The Labute approximate surface area is 120 Å². The number of anilines is 1. The number of carbonyl (C=O) groups is 1. The molecule has 0 aliphatic carbocycles. The molecule has 0 aromatic heterocycles. The zero-order valence-electron chi connectivity index (χ0n) is 12.2. The molecule has 0 amide bonds. The molecule has 0 atom stereocenters. The number of esters is 1. The van der Waals surface area contributed by atoms with Crippen LogP contribution in [0.4, 0.5) is 5.69 Å². The van der Waals surface area contributed by atoms with Crippen molar-refractivity contribution in [3.05, 3.63) is 29.8 Å². The lowest BCUT2D eigenvalue weighted by Crippen LogP contribution is -2.11. The van der Waals surface area contributed by atoms with E-state index in [1.807, 2.05) is 26.0 Å². The van der Waals surface area contributed by atoms with Crippen LogP contribution < -0.4 is 5.73 Å². The number of nitrogens with zero attached hydrogens (tertiary/aromatic N) is 1. The quantitative estimate of drug-likeness (QED) is 0.471. The second-order valence-corrected chi connectivity index (χ2v) is 5.59. The summed E-state index contributed by atoms with van der Waals surface area (Å²) in [6.07, 6.45) is 2.76. The van der Waals surface area contributed by atoms with Gasteiger partial charge in [0.25, 0.3) is 0 Å². The summed E-state index contributed by atoms with van der Waals surface area (Å²) in [4.78, 5) is 11.6. The van der Waals surface area contributed by atoms with Crippen LogP contribution in [0.15, 0.2) is 24.3 Å². The van der Waals surface area contributed by atoms with Crippen molar-refractivity contribution in [2.45, 2.75) is 39.5 Å². The van der Waals surface area contributed by atoms with Gasteiger partial charge in [0.2, 0.25) is 0 Å².